The standard InChI is InChI=1S/C22H28N2O3S2/c25-21-7-3-1-5-19(21)17-23-9-13-28-15-11-27-12-16-29-14-10-24-18-20-6-2-4-8-22(20)26/h1-8,17-18,25-26H,9-16H2. The molecule has 0 spiro atoms. The quantitative estimate of drug-likeness (QED) is 0.347. The Morgan fingerprint density at radius 3 is 1.59 bits per heavy atom. The molecule has 2 aromatic rings. The Kier molecular flexibility index (Phi) is 12.0. The van der Waals surface area contributed by atoms with Crippen molar-refractivity contribution in [3.8, 4) is 11.5 Å². The molecule has 5 nitrogen and oxygen atoms in total. The Hall–Kier alpha value is -1.96. The predicted octanol–water partition coefficient (Wildman–Crippen LogP) is 4.12. The minimum atomic E-state index is 0.262. The topological polar surface area (TPSA) is 74.4 Å². The number of benzene rings is 2. The normalized spacial score (nSPS) is 11.6. The number of phenolic OH excluding ortho intramolecular Hbond substituents is 2. The fourth-order valence-electron chi connectivity index (χ4n) is 2.30. The van der Waals surface area contributed by atoms with Crippen LogP contribution in [0.1, 0.15) is 11.1 Å². The molecule has 0 aliphatic heterocycles. The van der Waals surface area contributed by atoms with Crippen LogP contribution in [0, 0.1) is 0 Å². The van der Waals surface area contributed by atoms with Crippen molar-refractivity contribution in [1.82, 2.24) is 0 Å². The van der Waals surface area contributed by atoms with Gasteiger partial charge >= 0.3 is 0 Å². The summed E-state index contributed by atoms with van der Waals surface area (Å²) in [7, 11) is 0. The van der Waals surface area contributed by atoms with Crippen LogP contribution in [0.4, 0.5) is 0 Å². The highest BCUT2D eigenvalue weighted by Gasteiger charge is 1.96. The molecule has 2 N–H and O–H groups in total. The van der Waals surface area contributed by atoms with Crippen molar-refractivity contribution in [2.75, 3.05) is 49.3 Å². The van der Waals surface area contributed by atoms with Gasteiger partial charge < -0.3 is 14.9 Å². The van der Waals surface area contributed by atoms with E-state index in [1.54, 1.807) is 36.7 Å². The van der Waals surface area contributed by atoms with E-state index < -0.39 is 0 Å². The Morgan fingerprint density at radius 1 is 0.690 bits per heavy atom. The third-order valence-electron chi connectivity index (χ3n) is 3.81. The molecule has 0 aromatic heterocycles. The van der Waals surface area contributed by atoms with E-state index in [4.69, 9.17) is 4.74 Å². The van der Waals surface area contributed by atoms with Gasteiger partial charge in [0, 0.05) is 59.7 Å². The SMILES string of the molecule is Oc1ccccc1C=NCCSCCOCCSCCN=Cc1ccccc1O. The first-order chi connectivity index (χ1) is 14.3. The van der Waals surface area contributed by atoms with Gasteiger partial charge in [0.25, 0.3) is 0 Å². The summed E-state index contributed by atoms with van der Waals surface area (Å²) in [5.41, 5.74) is 1.50. The van der Waals surface area contributed by atoms with Gasteiger partial charge in [0.1, 0.15) is 11.5 Å². The molecule has 29 heavy (non-hydrogen) atoms. The van der Waals surface area contributed by atoms with Crippen molar-refractivity contribution in [3.05, 3.63) is 59.7 Å². The van der Waals surface area contributed by atoms with Gasteiger partial charge in [-0.3, -0.25) is 9.98 Å². The number of thioether (sulfide) groups is 2. The summed E-state index contributed by atoms with van der Waals surface area (Å²) in [5.74, 6) is 4.33. The highest BCUT2D eigenvalue weighted by molar-refractivity contribution is 7.99. The van der Waals surface area contributed by atoms with E-state index in [-0.39, 0.29) is 11.5 Å². The van der Waals surface area contributed by atoms with E-state index in [2.05, 4.69) is 9.98 Å². The van der Waals surface area contributed by atoms with Gasteiger partial charge in [-0.05, 0) is 24.3 Å². The van der Waals surface area contributed by atoms with E-state index >= 15 is 0 Å². The zero-order chi connectivity index (χ0) is 20.6. The van der Waals surface area contributed by atoms with Crippen molar-refractivity contribution >= 4 is 36.0 Å². The minimum absolute atomic E-state index is 0.262. The number of rotatable bonds is 14. The maximum Gasteiger partial charge on any atom is 0.124 e. The summed E-state index contributed by atoms with van der Waals surface area (Å²) in [6.07, 6.45) is 3.44. The predicted molar refractivity (Wildman–Crippen MR) is 127 cm³/mol. The van der Waals surface area contributed by atoms with Gasteiger partial charge in [-0.15, -0.1) is 0 Å². The maximum atomic E-state index is 9.64. The highest BCUT2D eigenvalue weighted by atomic mass is 32.2. The third kappa shape index (κ3) is 10.4. The Morgan fingerprint density at radius 2 is 1.14 bits per heavy atom. The molecule has 2 rings (SSSR count). The molecule has 7 heteroatoms. The molecule has 0 aliphatic carbocycles. The average Bonchev–Trinajstić information content (AvgIpc) is 2.73. The van der Waals surface area contributed by atoms with Gasteiger partial charge in [0.2, 0.25) is 0 Å². The van der Waals surface area contributed by atoms with E-state index in [1.165, 1.54) is 0 Å². The lowest BCUT2D eigenvalue weighted by Crippen LogP contribution is -2.03. The van der Waals surface area contributed by atoms with Gasteiger partial charge in [-0.2, -0.15) is 23.5 Å². The van der Waals surface area contributed by atoms with Crippen molar-refractivity contribution in [2.24, 2.45) is 9.98 Å². The molecule has 0 amide bonds. The Labute approximate surface area is 181 Å². The number of aliphatic imine (C=N–C) groups is 2. The van der Waals surface area contributed by atoms with Crippen molar-refractivity contribution < 1.29 is 14.9 Å². The third-order valence-corrected chi connectivity index (χ3v) is 5.66. The summed E-state index contributed by atoms with van der Waals surface area (Å²) < 4.78 is 5.63. The second kappa shape index (κ2) is 15.0. The first-order valence-corrected chi connectivity index (χ1v) is 11.9. The fourth-order valence-corrected chi connectivity index (χ4v) is 3.64. The Balaban J connectivity index is 1.37. The number of ether oxygens (including phenoxy) is 1. The van der Waals surface area contributed by atoms with E-state index in [9.17, 15) is 10.2 Å². The molecule has 0 heterocycles. The smallest absolute Gasteiger partial charge is 0.124 e. The summed E-state index contributed by atoms with van der Waals surface area (Å²) in [6, 6.07) is 14.4. The lowest BCUT2D eigenvalue weighted by molar-refractivity contribution is 0.167. The van der Waals surface area contributed by atoms with Crippen LogP contribution in [-0.4, -0.2) is 72.0 Å². The summed E-state index contributed by atoms with van der Waals surface area (Å²) in [6.45, 7) is 2.96. The van der Waals surface area contributed by atoms with Gasteiger partial charge in [0.05, 0.1) is 13.2 Å². The largest absolute Gasteiger partial charge is 0.507 e. The molecule has 0 atom stereocenters. The molecular weight excluding hydrogens is 404 g/mol. The molecular formula is C22H28N2O3S2. The molecule has 0 saturated carbocycles. The van der Waals surface area contributed by atoms with E-state index in [0.717, 1.165) is 60.4 Å². The molecule has 2 aromatic carbocycles. The van der Waals surface area contributed by atoms with Crippen LogP contribution in [0.5, 0.6) is 11.5 Å². The number of aromatic hydroxyl groups is 2. The van der Waals surface area contributed by atoms with Crippen LogP contribution in [-0.2, 0) is 4.74 Å². The average molecular weight is 433 g/mol. The number of hydrogen-bond donors (Lipinski definition) is 2. The first-order valence-electron chi connectivity index (χ1n) is 9.56. The molecule has 156 valence electrons. The van der Waals surface area contributed by atoms with Crippen LogP contribution >= 0.6 is 23.5 Å². The van der Waals surface area contributed by atoms with Gasteiger partial charge in [0.15, 0.2) is 0 Å². The van der Waals surface area contributed by atoms with Crippen molar-refractivity contribution in [1.29, 1.82) is 0 Å². The zero-order valence-electron chi connectivity index (χ0n) is 16.4. The van der Waals surface area contributed by atoms with Gasteiger partial charge in [-0.1, -0.05) is 24.3 Å². The van der Waals surface area contributed by atoms with Crippen LogP contribution in [0.25, 0.3) is 0 Å². The van der Waals surface area contributed by atoms with Crippen LogP contribution in [0.15, 0.2) is 58.5 Å². The zero-order valence-corrected chi connectivity index (χ0v) is 18.1. The van der Waals surface area contributed by atoms with Crippen LogP contribution in [0.2, 0.25) is 0 Å². The number of nitrogens with zero attached hydrogens (tertiary/aromatic N) is 2. The number of hydrogen-bond acceptors (Lipinski definition) is 7. The first kappa shape index (κ1) is 23.3. The fraction of sp³-hybridized carbons (Fsp3) is 0.364. The lowest BCUT2D eigenvalue weighted by Gasteiger charge is -2.03. The monoisotopic (exact) mass is 432 g/mol. The summed E-state index contributed by atoms with van der Waals surface area (Å²) in [4.78, 5) is 8.67. The summed E-state index contributed by atoms with van der Waals surface area (Å²) in [5, 5.41) is 19.3. The number of para-hydroxylation sites is 2. The van der Waals surface area contributed by atoms with E-state index in [1.807, 2.05) is 47.8 Å². The molecule has 0 radical (unpaired) electrons. The second-order valence-electron chi connectivity index (χ2n) is 6.03. The number of phenols is 2. The van der Waals surface area contributed by atoms with Crippen molar-refractivity contribution in [2.45, 2.75) is 0 Å². The Bertz CT molecular complexity index is 706. The highest BCUT2D eigenvalue weighted by Crippen LogP contribution is 2.13. The maximum absolute atomic E-state index is 9.64. The molecule has 0 unspecified atom stereocenters. The molecule has 0 bridgehead atoms. The second-order valence-corrected chi connectivity index (χ2v) is 8.47. The van der Waals surface area contributed by atoms with Crippen molar-refractivity contribution in [3.63, 3.8) is 0 Å². The molecule has 0 aliphatic rings. The molecule has 0 saturated heterocycles. The van der Waals surface area contributed by atoms with E-state index in [0.29, 0.717) is 0 Å². The minimum Gasteiger partial charge on any atom is -0.507 e. The lowest BCUT2D eigenvalue weighted by atomic mass is 10.2. The van der Waals surface area contributed by atoms with Crippen LogP contribution < -0.4 is 0 Å². The van der Waals surface area contributed by atoms with Crippen LogP contribution in [0.3, 0.4) is 0 Å². The summed E-state index contributed by atoms with van der Waals surface area (Å²) >= 11 is 3.64. The van der Waals surface area contributed by atoms with Gasteiger partial charge in [-0.25, -0.2) is 0 Å². The molecule has 0 fully saturated rings.